The lowest BCUT2D eigenvalue weighted by Gasteiger charge is -2.14. The van der Waals surface area contributed by atoms with Crippen LogP contribution in [0.25, 0.3) is 0 Å². The van der Waals surface area contributed by atoms with E-state index >= 15 is 0 Å². The van der Waals surface area contributed by atoms with Crippen molar-refractivity contribution in [3.8, 4) is 0 Å². The highest BCUT2D eigenvalue weighted by atomic mass is 32.2. The molecular formula is C20H23N3O4S2. The van der Waals surface area contributed by atoms with E-state index in [0.29, 0.717) is 24.1 Å². The number of hydrogen-bond acceptors (Lipinski definition) is 5. The average molecular weight is 434 g/mol. The van der Waals surface area contributed by atoms with Gasteiger partial charge in [0.05, 0.1) is 21.0 Å². The number of aryl methyl sites for hydroxylation is 3. The van der Waals surface area contributed by atoms with Gasteiger partial charge in [0.2, 0.25) is 19.9 Å². The van der Waals surface area contributed by atoms with Gasteiger partial charge < -0.3 is 4.57 Å². The van der Waals surface area contributed by atoms with Crippen molar-refractivity contribution in [3.63, 3.8) is 0 Å². The zero-order valence-electron chi connectivity index (χ0n) is 16.2. The number of sulfonamides is 1. The number of nitrogens with zero attached hydrogens (tertiary/aromatic N) is 2. The Morgan fingerprint density at radius 2 is 1.66 bits per heavy atom. The minimum Gasteiger partial charge on any atom is -0.337 e. The maximum Gasteiger partial charge on any atom is 0.240 e. The summed E-state index contributed by atoms with van der Waals surface area (Å²) < 4.78 is 56.1. The van der Waals surface area contributed by atoms with E-state index in [2.05, 4.69) is 9.71 Å². The molecule has 1 aromatic heterocycles. The Hall–Kier alpha value is -2.49. The van der Waals surface area contributed by atoms with Crippen molar-refractivity contribution >= 4 is 19.9 Å². The van der Waals surface area contributed by atoms with Crippen LogP contribution in [-0.4, -0.2) is 32.9 Å². The molecule has 0 amide bonds. The molecule has 1 heterocycles. The van der Waals surface area contributed by atoms with Crippen LogP contribution in [-0.2, 0) is 26.4 Å². The maximum absolute atomic E-state index is 13.0. The normalized spacial score (nSPS) is 12.2. The molecule has 0 atom stereocenters. The highest BCUT2D eigenvalue weighted by Gasteiger charge is 2.25. The third-order valence-corrected chi connectivity index (χ3v) is 8.06. The summed E-state index contributed by atoms with van der Waals surface area (Å²) in [5.74, 6) is 0. The van der Waals surface area contributed by atoms with E-state index in [1.807, 2.05) is 4.57 Å². The largest absolute Gasteiger partial charge is 0.337 e. The van der Waals surface area contributed by atoms with Crippen LogP contribution in [0.1, 0.15) is 17.5 Å². The van der Waals surface area contributed by atoms with Crippen LogP contribution in [0, 0.1) is 13.8 Å². The first-order chi connectivity index (χ1) is 13.7. The summed E-state index contributed by atoms with van der Waals surface area (Å²) in [4.78, 5) is 4.04. The van der Waals surface area contributed by atoms with Gasteiger partial charge in [-0.3, -0.25) is 0 Å². The Balaban J connectivity index is 1.86. The van der Waals surface area contributed by atoms with Crippen molar-refractivity contribution in [2.45, 2.75) is 41.5 Å². The lowest BCUT2D eigenvalue weighted by Crippen LogP contribution is -2.26. The summed E-state index contributed by atoms with van der Waals surface area (Å²) in [6.07, 6.45) is 5.71. The maximum atomic E-state index is 13.0. The van der Waals surface area contributed by atoms with Crippen LogP contribution < -0.4 is 4.72 Å². The summed E-state index contributed by atoms with van der Waals surface area (Å²) in [7, 11) is -7.68. The molecule has 29 heavy (non-hydrogen) atoms. The molecule has 0 fully saturated rings. The van der Waals surface area contributed by atoms with Gasteiger partial charge in [0, 0.05) is 25.5 Å². The van der Waals surface area contributed by atoms with Gasteiger partial charge in [-0.15, -0.1) is 0 Å². The predicted molar refractivity (Wildman–Crippen MR) is 110 cm³/mol. The summed E-state index contributed by atoms with van der Waals surface area (Å²) in [5.41, 5.74) is 1.00. The monoisotopic (exact) mass is 433 g/mol. The molecule has 0 aliphatic heterocycles. The van der Waals surface area contributed by atoms with E-state index in [1.54, 1.807) is 56.8 Å². The Kier molecular flexibility index (Phi) is 6.21. The summed E-state index contributed by atoms with van der Waals surface area (Å²) >= 11 is 0. The van der Waals surface area contributed by atoms with E-state index in [1.165, 1.54) is 18.2 Å². The number of sulfone groups is 1. The molecule has 0 saturated heterocycles. The molecule has 154 valence electrons. The van der Waals surface area contributed by atoms with E-state index in [9.17, 15) is 16.8 Å². The second kappa shape index (κ2) is 8.48. The van der Waals surface area contributed by atoms with Gasteiger partial charge in [-0.05, 0) is 49.6 Å². The van der Waals surface area contributed by atoms with Crippen molar-refractivity contribution in [1.82, 2.24) is 14.3 Å². The summed E-state index contributed by atoms with van der Waals surface area (Å²) in [5, 5.41) is 0. The zero-order valence-corrected chi connectivity index (χ0v) is 17.9. The van der Waals surface area contributed by atoms with Crippen molar-refractivity contribution < 1.29 is 16.8 Å². The smallest absolute Gasteiger partial charge is 0.240 e. The van der Waals surface area contributed by atoms with Gasteiger partial charge in [0.15, 0.2) is 0 Å². The van der Waals surface area contributed by atoms with Crippen LogP contribution in [0.3, 0.4) is 0 Å². The minimum absolute atomic E-state index is 0.00640. The molecule has 3 rings (SSSR count). The molecule has 9 heteroatoms. The topological polar surface area (TPSA) is 98.1 Å². The molecule has 0 bridgehead atoms. The van der Waals surface area contributed by atoms with E-state index in [-0.39, 0.29) is 21.2 Å². The lowest BCUT2D eigenvalue weighted by atomic mass is 10.2. The van der Waals surface area contributed by atoms with Gasteiger partial charge in [-0.1, -0.05) is 24.3 Å². The molecule has 0 aliphatic rings. The van der Waals surface area contributed by atoms with Crippen LogP contribution in [0.5, 0.6) is 0 Å². The van der Waals surface area contributed by atoms with Gasteiger partial charge in [0.1, 0.15) is 0 Å². The SMILES string of the molecule is Cc1cc(C)c(S(=O)(=O)c2ccccc2)cc1S(=O)(=O)NCCCn1ccnc1. The van der Waals surface area contributed by atoms with Crippen molar-refractivity contribution in [2.24, 2.45) is 0 Å². The fourth-order valence-corrected chi connectivity index (χ4v) is 6.01. The van der Waals surface area contributed by atoms with Gasteiger partial charge in [-0.2, -0.15) is 0 Å². The number of hydrogen-bond donors (Lipinski definition) is 1. The predicted octanol–water partition coefficient (Wildman–Crippen LogP) is 2.70. The molecule has 3 aromatic rings. The fourth-order valence-electron chi connectivity index (χ4n) is 3.08. The molecular weight excluding hydrogens is 410 g/mol. The quantitative estimate of drug-likeness (QED) is 0.551. The first-order valence-corrected chi connectivity index (χ1v) is 12.1. The van der Waals surface area contributed by atoms with Crippen LogP contribution >= 0.6 is 0 Å². The van der Waals surface area contributed by atoms with Gasteiger partial charge in [-0.25, -0.2) is 26.5 Å². The molecule has 1 N–H and O–H groups in total. The number of nitrogens with one attached hydrogen (secondary N) is 1. The van der Waals surface area contributed by atoms with E-state index in [0.717, 1.165) is 0 Å². The molecule has 0 radical (unpaired) electrons. The molecule has 7 nitrogen and oxygen atoms in total. The number of benzene rings is 2. The highest BCUT2D eigenvalue weighted by molar-refractivity contribution is 7.91. The Bertz CT molecular complexity index is 1190. The van der Waals surface area contributed by atoms with Crippen LogP contribution in [0.4, 0.5) is 0 Å². The molecule has 0 unspecified atom stereocenters. The third kappa shape index (κ3) is 4.75. The van der Waals surface area contributed by atoms with Gasteiger partial charge in [0.25, 0.3) is 0 Å². The number of rotatable bonds is 8. The van der Waals surface area contributed by atoms with Crippen molar-refractivity contribution in [2.75, 3.05) is 6.54 Å². The Morgan fingerprint density at radius 1 is 0.966 bits per heavy atom. The molecule has 2 aromatic carbocycles. The van der Waals surface area contributed by atoms with E-state index in [4.69, 9.17) is 0 Å². The Morgan fingerprint density at radius 3 is 2.31 bits per heavy atom. The van der Waals surface area contributed by atoms with Crippen LogP contribution in [0.2, 0.25) is 0 Å². The lowest BCUT2D eigenvalue weighted by molar-refractivity contribution is 0.569. The van der Waals surface area contributed by atoms with Crippen molar-refractivity contribution in [3.05, 3.63) is 72.3 Å². The highest BCUT2D eigenvalue weighted by Crippen LogP contribution is 2.28. The third-order valence-electron chi connectivity index (χ3n) is 4.55. The number of imidazole rings is 1. The Labute approximate surface area is 171 Å². The van der Waals surface area contributed by atoms with Crippen molar-refractivity contribution in [1.29, 1.82) is 0 Å². The summed E-state index contributed by atoms with van der Waals surface area (Å²) in [6.45, 7) is 4.18. The molecule has 0 aliphatic carbocycles. The average Bonchev–Trinajstić information content (AvgIpc) is 3.19. The first kappa shape index (κ1) is 21.2. The second-order valence-corrected chi connectivity index (χ2v) is 10.4. The van der Waals surface area contributed by atoms with Gasteiger partial charge >= 0.3 is 0 Å². The molecule has 0 saturated carbocycles. The zero-order chi connectivity index (χ0) is 21.1. The standard InChI is InChI=1S/C20H23N3O4S2/c1-16-13-17(2)20(14-19(16)28(24,25)18-7-4-3-5-8-18)29(26,27)22-9-6-11-23-12-10-21-15-23/h3-5,7-8,10,12-15,22H,6,9,11H2,1-2H3. The first-order valence-electron chi connectivity index (χ1n) is 9.08. The number of aromatic nitrogens is 2. The van der Waals surface area contributed by atoms with E-state index < -0.39 is 19.9 Å². The minimum atomic E-state index is -3.85. The van der Waals surface area contributed by atoms with Crippen LogP contribution in [0.15, 0.2) is 75.9 Å². The molecule has 0 spiro atoms. The fraction of sp³-hybridized carbons (Fsp3) is 0.250. The summed E-state index contributed by atoms with van der Waals surface area (Å²) in [6, 6.07) is 10.8. The second-order valence-electron chi connectivity index (χ2n) is 6.75.